The number of fused-ring (bicyclic) bond motifs is 1. The molecule has 1 aliphatic rings. The van der Waals surface area contributed by atoms with Gasteiger partial charge in [-0.1, -0.05) is 0 Å². The number of carbonyl (C=O) groups excluding carboxylic acids is 1. The number of hydrogen-bond acceptors (Lipinski definition) is 3. The van der Waals surface area contributed by atoms with Crippen molar-refractivity contribution in [3.8, 4) is 0 Å². The van der Waals surface area contributed by atoms with Crippen LogP contribution in [0.5, 0.6) is 0 Å². The van der Waals surface area contributed by atoms with Gasteiger partial charge in [0.05, 0.1) is 12.2 Å². The van der Waals surface area contributed by atoms with Gasteiger partial charge in [-0.3, -0.25) is 4.79 Å². The smallest absolute Gasteiger partial charge is 0.340 e. The van der Waals surface area contributed by atoms with Gasteiger partial charge in [-0.05, 0) is 11.6 Å². The summed E-state index contributed by atoms with van der Waals surface area (Å²) < 4.78 is 13.2. The molecule has 84 valence electrons. The van der Waals surface area contributed by atoms with E-state index in [1.165, 1.54) is 17.9 Å². The Morgan fingerprint density at radius 3 is 2.75 bits per heavy atom. The fourth-order valence-corrected chi connectivity index (χ4v) is 1.66. The molecule has 2 rings (SSSR count). The van der Waals surface area contributed by atoms with E-state index in [1.54, 1.807) is 0 Å². The van der Waals surface area contributed by atoms with Crippen molar-refractivity contribution in [3.05, 3.63) is 28.8 Å². The molecule has 1 aromatic heterocycles. The maximum atomic E-state index is 13.2. The predicted octanol–water partition coefficient (Wildman–Crippen LogP) is 0.781. The van der Waals surface area contributed by atoms with Gasteiger partial charge < -0.3 is 10.0 Å². The standard InChI is InChI=1S/C10H9FN2O3/c1-5(14)13-3-6-2-7(10(15)16)9(11)12-8(6)4-13/h2H,3-4H2,1H3,(H,15,16). The minimum absolute atomic E-state index is 0.143. The zero-order valence-electron chi connectivity index (χ0n) is 8.53. The number of nitrogens with zero attached hydrogens (tertiary/aromatic N) is 2. The topological polar surface area (TPSA) is 70.5 Å². The van der Waals surface area contributed by atoms with E-state index >= 15 is 0 Å². The highest BCUT2D eigenvalue weighted by Gasteiger charge is 2.25. The van der Waals surface area contributed by atoms with Gasteiger partial charge in [0, 0.05) is 13.5 Å². The predicted molar refractivity (Wildman–Crippen MR) is 51.1 cm³/mol. The van der Waals surface area contributed by atoms with E-state index in [-0.39, 0.29) is 19.0 Å². The molecule has 0 aliphatic carbocycles. The van der Waals surface area contributed by atoms with Crippen LogP contribution in [-0.4, -0.2) is 26.9 Å². The summed E-state index contributed by atoms with van der Waals surface area (Å²) in [5.74, 6) is -2.50. The summed E-state index contributed by atoms with van der Waals surface area (Å²) in [5, 5.41) is 8.71. The van der Waals surface area contributed by atoms with Gasteiger partial charge >= 0.3 is 5.97 Å². The first kappa shape index (κ1) is 10.5. The van der Waals surface area contributed by atoms with Crippen LogP contribution in [0.15, 0.2) is 6.07 Å². The number of carbonyl (C=O) groups is 2. The second kappa shape index (κ2) is 3.55. The SMILES string of the molecule is CC(=O)N1Cc2cc(C(=O)O)c(F)nc2C1. The molecule has 1 amide bonds. The van der Waals surface area contributed by atoms with Crippen LogP contribution in [0.25, 0.3) is 0 Å². The molecule has 0 saturated heterocycles. The summed E-state index contributed by atoms with van der Waals surface area (Å²) >= 11 is 0. The van der Waals surface area contributed by atoms with Crippen LogP contribution >= 0.6 is 0 Å². The van der Waals surface area contributed by atoms with Crippen LogP contribution in [0.4, 0.5) is 4.39 Å². The first-order valence-electron chi connectivity index (χ1n) is 4.66. The van der Waals surface area contributed by atoms with E-state index in [2.05, 4.69) is 4.98 Å². The van der Waals surface area contributed by atoms with Crippen LogP contribution in [0, 0.1) is 5.95 Å². The maximum Gasteiger partial charge on any atom is 0.340 e. The van der Waals surface area contributed by atoms with Crippen LogP contribution in [0.1, 0.15) is 28.5 Å². The average Bonchev–Trinajstić information content (AvgIpc) is 2.58. The zero-order valence-corrected chi connectivity index (χ0v) is 8.53. The molecule has 0 unspecified atom stereocenters. The van der Waals surface area contributed by atoms with Crippen molar-refractivity contribution in [2.24, 2.45) is 0 Å². The van der Waals surface area contributed by atoms with Crippen molar-refractivity contribution >= 4 is 11.9 Å². The molecular weight excluding hydrogens is 215 g/mol. The van der Waals surface area contributed by atoms with Gasteiger partial charge in [0.1, 0.15) is 5.56 Å². The number of halogens is 1. The van der Waals surface area contributed by atoms with Gasteiger partial charge in [-0.2, -0.15) is 4.39 Å². The van der Waals surface area contributed by atoms with Gasteiger partial charge in [0.25, 0.3) is 0 Å². The molecule has 0 saturated carbocycles. The number of carboxylic acids is 1. The minimum Gasteiger partial charge on any atom is -0.478 e. The molecule has 0 aromatic carbocycles. The first-order chi connectivity index (χ1) is 7.49. The molecule has 16 heavy (non-hydrogen) atoms. The molecule has 1 aromatic rings. The summed E-state index contributed by atoms with van der Waals surface area (Å²) in [6, 6.07) is 1.24. The molecule has 2 heterocycles. The van der Waals surface area contributed by atoms with Crippen LogP contribution in [0.2, 0.25) is 0 Å². The van der Waals surface area contributed by atoms with E-state index < -0.39 is 17.5 Å². The lowest BCUT2D eigenvalue weighted by Gasteiger charge is -2.10. The van der Waals surface area contributed by atoms with E-state index in [4.69, 9.17) is 5.11 Å². The largest absolute Gasteiger partial charge is 0.478 e. The van der Waals surface area contributed by atoms with Crippen molar-refractivity contribution in [2.45, 2.75) is 20.0 Å². The van der Waals surface area contributed by atoms with E-state index in [1.807, 2.05) is 0 Å². The van der Waals surface area contributed by atoms with Crippen LogP contribution < -0.4 is 0 Å². The number of carboxylic acid groups (broad SMARTS) is 1. The van der Waals surface area contributed by atoms with Crippen LogP contribution in [0.3, 0.4) is 0 Å². The third kappa shape index (κ3) is 1.62. The Bertz CT molecular complexity index is 487. The third-order valence-electron chi connectivity index (χ3n) is 2.52. The number of aromatic carboxylic acids is 1. The second-order valence-corrected chi connectivity index (χ2v) is 3.61. The third-order valence-corrected chi connectivity index (χ3v) is 2.52. The van der Waals surface area contributed by atoms with Crippen LogP contribution in [-0.2, 0) is 17.9 Å². The summed E-state index contributed by atoms with van der Waals surface area (Å²) in [6.07, 6.45) is 0. The Kier molecular flexibility index (Phi) is 2.34. The van der Waals surface area contributed by atoms with E-state index in [9.17, 15) is 14.0 Å². The molecule has 0 spiro atoms. The van der Waals surface area contributed by atoms with Gasteiger partial charge in [-0.25, -0.2) is 9.78 Å². The minimum atomic E-state index is -1.35. The lowest BCUT2D eigenvalue weighted by Crippen LogP contribution is -2.21. The van der Waals surface area contributed by atoms with Crippen molar-refractivity contribution in [1.82, 2.24) is 9.88 Å². The highest BCUT2D eigenvalue weighted by atomic mass is 19.1. The Hall–Kier alpha value is -1.98. The van der Waals surface area contributed by atoms with Crippen molar-refractivity contribution in [2.75, 3.05) is 0 Å². The highest BCUT2D eigenvalue weighted by molar-refractivity contribution is 5.88. The van der Waals surface area contributed by atoms with Gasteiger partial charge in [0.15, 0.2) is 0 Å². The zero-order chi connectivity index (χ0) is 11.9. The molecular formula is C10H9FN2O3. The number of rotatable bonds is 1. The Morgan fingerprint density at radius 2 is 2.19 bits per heavy atom. The van der Waals surface area contributed by atoms with Gasteiger partial charge in [-0.15, -0.1) is 0 Å². The van der Waals surface area contributed by atoms with E-state index in [0.717, 1.165) is 0 Å². The molecule has 1 aliphatic heterocycles. The normalized spacial score (nSPS) is 13.8. The number of pyridine rings is 1. The molecule has 0 radical (unpaired) electrons. The fourth-order valence-electron chi connectivity index (χ4n) is 1.66. The Morgan fingerprint density at radius 1 is 1.50 bits per heavy atom. The molecule has 5 nitrogen and oxygen atoms in total. The fraction of sp³-hybridized carbons (Fsp3) is 0.300. The molecule has 0 bridgehead atoms. The number of amides is 1. The second-order valence-electron chi connectivity index (χ2n) is 3.61. The lowest BCUT2D eigenvalue weighted by molar-refractivity contribution is -0.129. The Labute approximate surface area is 90.5 Å². The van der Waals surface area contributed by atoms with Crippen molar-refractivity contribution < 1.29 is 19.1 Å². The highest BCUT2D eigenvalue weighted by Crippen LogP contribution is 2.23. The maximum absolute atomic E-state index is 13.2. The Balaban J connectivity index is 2.40. The monoisotopic (exact) mass is 224 g/mol. The summed E-state index contributed by atoms with van der Waals surface area (Å²) in [5.41, 5.74) is 0.566. The average molecular weight is 224 g/mol. The lowest BCUT2D eigenvalue weighted by atomic mass is 10.1. The number of aromatic nitrogens is 1. The molecule has 0 fully saturated rings. The summed E-state index contributed by atoms with van der Waals surface area (Å²) in [7, 11) is 0. The molecule has 1 N–H and O–H groups in total. The van der Waals surface area contributed by atoms with Gasteiger partial charge in [0.2, 0.25) is 11.9 Å². The summed E-state index contributed by atoms with van der Waals surface area (Å²) in [6.45, 7) is 1.93. The quantitative estimate of drug-likeness (QED) is 0.715. The first-order valence-corrected chi connectivity index (χ1v) is 4.66. The van der Waals surface area contributed by atoms with Crippen molar-refractivity contribution in [3.63, 3.8) is 0 Å². The number of hydrogen-bond donors (Lipinski definition) is 1. The molecule has 6 heteroatoms. The summed E-state index contributed by atoms with van der Waals surface area (Å²) in [4.78, 5) is 26.8. The van der Waals surface area contributed by atoms with Crippen molar-refractivity contribution in [1.29, 1.82) is 0 Å². The van der Waals surface area contributed by atoms with E-state index in [0.29, 0.717) is 11.3 Å². The molecule has 0 atom stereocenters.